The number of Topliss-reactive ketones (excluding diaryl/α,β-unsaturated/α-hetero) is 1. The zero-order chi connectivity index (χ0) is 17.7. The van der Waals surface area contributed by atoms with E-state index in [-0.39, 0.29) is 17.1 Å². The first-order chi connectivity index (χ1) is 11.3. The van der Waals surface area contributed by atoms with Gasteiger partial charge < -0.3 is 4.42 Å². The van der Waals surface area contributed by atoms with E-state index in [4.69, 9.17) is 9.25 Å². The Morgan fingerprint density at radius 2 is 1.83 bits per heavy atom. The number of carbonyl (C=O) groups excluding carboxylic acids is 1. The molecule has 2 aromatic rings. The number of aromatic nitrogens is 2. The van der Waals surface area contributed by atoms with E-state index in [0.717, 1.165) is 11.1 Å². The molecule has 0 bridgehead atoms. The van der Waals surface area contributed by atoms with Gasteiger partial charge in [-0.15, -0.1) is 10.2 Å². The molecule has 0 amide bonds. The summed E-state index contributed by atoms with van der Waals surface area (Å²) in [5.74, 6) is -0.0119. The first-order valence-electron chi connectivity index (χ1n) is 7.77. The molecule has 0 spiro atoms. The van der Waals surface area contributed by atoms with Crippen molar-refractivity contribution < 1.29 is 14.0 Å². The van der Waals surface area contributed by atoms with Crippen molar-refractivity contribution in [3.63, 3.8) is 0 Å². The summed E-state index contributed by atoms with van der Waals surface area (Å²) in [6.45, 7) is 9.79. The van der Waals surface area contributed by atoms with Crippen LogP contribution in [0.15, 0.2) is 46.0 Å². The monoisotopic (exact) mass is 329 g/mol. The van der Waals surface area contributed by atoms with Crippen molar-refractivity contribution in [1.29, 1.82) is 0 Å². The van der Waals surface area contributed by atoms with Crippen LogP contribution in [0.5, 0.6) is 0 Å². The molecular formula is C18H23N3O3. The number of hydrogen-bond donors (Lipinski definition) is 1. The van der Waals surface area contributed by atoms with Gasteiger partial charge in [0, 0.05) is 5.41 Å². The number of hydrogen-bond acceptors (Lipinski definition) is 6. The van der Waals surface area contributed by atoms with Gasteiger partial charge in [0.25, 0.3) is 11.7 Å². The van der Waals surface area contributed by atoms with Gasteiger partial charge in [0.1, 0.15) is 5.70 Å². The molecule has 1 aromatic heterocycles. The van der Waals surface area contributed by atoms with Crippen molar-refractivity contribution in [2.24, 2.45) is 0 Å². The van der Waals surface area contributed by atoms with Gasteiger partial charge in [0.05, 0.1) is 6.61 Å². The van der Waals surface area contributed by atoms with Crippen molar-refractivity contribution in [3.8, 4) is 0 Å². The third kappa shape index (κ3) is 4.52. The Morgan fingerprint density at radius 3 is 2.38 bits per heavy atom. The average Bonchev–Trinajstić information content (AvgIpc) is 3.02. The Bertz CT molecular complexity index is 723. The molecular weight excluding hydrogens is 306 g/mol. The Morgan fingerprint density at radius 1 is 1.17 bits per heavy atom. The molecule has 0 saturated carbocycles. The van der Waals surface area contributed by atoms with Crippen LogP contribution < -0.4 is 5.48 Å². The first-order valence-corrected chi connectivity index (χ1v) is 7.77. The molecule has 0 unspecified atom stereocenters. The van der Waals surface area contributed by atoms with Gasteiger partial charge >= 0.3 is 0 Å². The van der Waals surface area contributed by atoms with Crippen LogP contribution in [0.25, 0.3) is 0 Å². The molecule has 0 atom stereocenters. The van der Waals surface area contributed by atoms with Crippen molar-refractivity contribution in [2.45, 2.75) is 46.6 Å². The molecule has 1 N–H and O–H groups in total. The smallest absolute Gasteiger partial charge is 0.290 e. The van der Waals surface area contributed by atoms with Crippen LogP contribution in [0, 0.1) is 0 Å². The highest BCUT2D eigenvalue weighted by molar-refractivity contribution is 6.05. The molecule has 0 aliphatic heterocycles. The summed E-state index contributed by atoms with van der Waals surface area (Å²) in [5, 5.41) is 7.81. The van der Waals surface area contributed by atoms with E-state index in [0.29, 0.717) is 18.2 Å². The summed E-state index contributed by atoms with van der Waals surface area (Å²) in [7, 11) is 0. The maximum Gasteiger partial charge on any atom is 0.290 e. The molecule has 24 heavy (non-hydrogen) atoms. The Hall–Kier alpha value is -2.47. The van der Waals surface area contributed by atoms with E-state index in [1.807, 2.05) is 65.0 Å². The third-order valence-electron chi connectivity index (χ3n) is 3.24. The SMILES string of the molecule is CC(C)=C(NOCc1ccccc1)C(=O)c1nnc(C(C)(C)C)o1. The lowest BCUT2D eigenvalue weighted by Gasteiger charge is -2.12. The number of rotatable bonds is 6. The van der Waals surface area contributed by atoms with Crippen LogP contribution in [0.3, 0.4) is 0 Å². The highest BCUT2D eigenvalue weighted by Gasteiger charge is 2.26. The van der Waals surface area contributed by atoms with E-state index in [1.165, 1.54) is 0 Å². The van der Waals surface area contributed by atoms with Crippen molar-refractivity contribution in [3.05, 3.63) is 58.9 Å². The highest BCUT2D eigenvalue weighted by Crippen LogP contribution is 2.21. The van der Waals surface area contributed by atoms with Gasteiger partial charge in [0.15, 0.2) is 0 Å². The van der Waals surface area contributed by atoms with Gasteiger partial charge in [-0.25, -0.2) is 0 Å². The Kier molecular flexibility index (Phi) is 5.51. The average molecular weight is 329 g/mol. The van der Waals surface area contributed by atoms with Crippen LogP contribution in [0.4, 0.5) is 0 Å². The summed E-state index contributed by atoms with van der Waals surface area (Å²) >= 11 is 0. The van der Waals surface area contributed by atoms with Gasteiger partial charge in [-0.3, -0.25) is 15.1 Å². The number of nitrogens with one attached hydrogen (secondary N) is 1. The molecule has 2 rings (SSSR count). The van der Waals surface area contributed by atoms with E-state index in [1.54, 1.807) is 0 Å². The maximum atomic E-state index is 12.6. The number of ketones is 1. The van der Waals surface area contributed by atoms with Gasteiger partial charge in [-0.1, -0.05) is 51.1 Å². The van der Waals surface area contributed by atoms with Crippen LogP contribution in [0.2, 0.25) is 0 Å². The largest absolute Gasteiger partial charge is 0.417 e. The second-order valence-corrected chi connectivity index (χ2v) is 6.74. The second-order valence-electron chi connectivity index (χ2n) is 6.74. The van der Waals surface area contributed by atoms with E-state index >= 15 is 0 Å². The van der Waals surface area contributed by atoms with Crippen LogP contribution in [-0.2, 0) is 16.9 Å². The van der Waals surface area contributed by atoms with Crippen molar-refractivity contribution in [1.82, 2.24) is 15.7 Å². The van der Waals surface area contributed by atoms with Gasteiger partial charge in [-0.2, -0.15) is 0 Å². The minimum atomic E-state index is -0.383. The third-order valence-corrected chi connectivity index (χ3v) is 3.24. The molecule has 128 valence electrons. The van der Waals surface area contributed by atoms with Crippen LogP contribution in [0.1, 0.15) is 56.8 Å². The Labute approximate surface area is 141 Å². The van der Waals surface area contributed by atoms with E-state index in [2.05, 4.69) is 15.7 Å². The van der Waals surface area contributed by atoms with Crippen molar-refractivity contribution >= 4 is 5.78 Å². The van der Waals surface area contributed by atoms with Crippen LogP contribution >= 0.6 is 0 Å². The maximum absolute atomic E-state index is 12.6. The molecule has 0 fully saturated rings. The minimum Gasteiger partial charge on any atom is -0.417 e. The topological polar surface area (TPSA) is 77.2 Å². The lowest BCUT2D eigenvalue weighted by atomic mass is 9.97. The fraction of sp³-hybridized carbons (Fsp3) is 0.389. The molecule has 6 nitrogen and oxygen atoms in total. The normalized spacial score (nSPS) is 11.2. The molecule has 0 saturated heterocycles. The molecule has 1 aromatic carbocycles. The molecule has 0 radical (unpaired) electrons. The number of benzene rings is 1. The molecule has 6 heteroatoms. The minimum absolute atomic E-state index is 0.0491. The predicted octanol–water partition coefficient (Wildman–Crippen LogP) is 3.57. The lowest BCUT2D eigenvalue weighted by Crippen LogP contribution is -2.22. The fourth-order valence-electron chi connectivity index (χ4n) is 1.87. The molecule has 0 aliphatic carbocycles. The lowest BCUT2D eigenvalue weighted by molar-refractivity contribution is 0.0442. The summed E-state index contributed by atoms with van der Waals surface area (Å²) in [5.41, 5.74) is 4.47. The van der Waals surface area contributed by atoms with E-state index in [9.17, 15) is 4.79 Å². The molecule has 0 aliphatic rings. The number of nitrogens with zero attached hydrogens (tertiary/aromatic N) is 2. The second kappa shape index (κ2) is 7.40. The molecule has 1 heterocycles. The highest BCUT2D eigenvalue weighted by atomic mass is 16.6. The number of allylic oxidation sites excluding steroid dienone is 2. The first kappa shape index (κ1) is 17.9. The fourth-order valence-corrected chi connectivity index (χ4v) is 1.87. The summed E-state index contributed by atoms with van der Waals surface area (Å²) < 4.78 is 5.50. The zero-order valence-corrected chi connectivity index (χ0v) is 14.7. The zero-order valence-electron chi connectivity index (χ0n) is 14.7. The van der Waals surface area contributed by atoms with Crippen LogP contribution in [-0.4, -0.2) is 16.0 Å². The standard InChI is InChI=1S/C18H23N3O3/c1-12(2)14(21-23-11-13-9-7-6-8-10-13)15(22)16-19-20-17(24-16)18(3,4)5/h6-10,21H,11H2,1-5H3. The van der Waals surface area contributed by atoms with Gasteiger partial charge in [-0.05, 0) is 25.0 Å². The number of carbonyl (C=O) groups is 1. The Balaban J connectivity index is 2.06. The predicted molar refractivity (Wildman–Crippen MR) is 90.1 cm³/mol. The van der Waals surface area contributed by atoms with Crippen molar-refractivity contribution in [2.75, 3.05) is 0 Å². The summed E-state index contributed by atoms with van der Waals surface area (Å²) in [4.78, 5) is 18.0. The van der Waals surface area contributed by atoms with E-state index < -0.39 is 0 Å². The van der Waals surface area contributed by atoms with Gasteiger partial charge in [0.2, 0.25) is 5.89 Å². The summed E-state index contributed by atoms with van der Waals surface area (Å²) in [6.07, 6.45) is 0. The summed E-state index contributed by atoms with van der Waals surface area (Å²) in [6, 6.07) is 9.68. The quantitative estimate of drug-likeness (QED) is 0.496. The number of hydroxylamine groups is 1.